The van der Waals surface area contributed by atoms with E-state index in [1.54, 1.807) is 40.2 Å². The Bertz CT molecular complexity index is 826. The molecule has 1 aliphatic heterocycles. The van der Waals surface area contributed by atoms with E-state index in [9.17, 15) is 4.79 Å². The molecule has 2 aromatic carbocycles. The molecule has 0 bridgehead atoms. The summed E-state index contributed by atoms with van der Waals surface area (Å²) < 4.78 is 21.5. The van der Waals surface area contributed by atoms with Crippen LogP contribution in [0.1, 0.15) is 16.5 Å². The van der Waals surface area contributed by atoms with Gasteiger partial charge < -0.3 is 23.8 Å². The Labute approximate surface area is 163 Å². The SMILES string of the molecule is COc1ccc(CN2C(=O)CSC2c2ccc(OC)cc2OC)c(OC)c1. The number of ether oxygens (including phenoxy) is 4. The van der Waals surface area contributed by atoms with Crippen molar-refractivity contribution in [2.75, 3.05) is 34.2 Å². The van der Waals surface area contributed by atoms with Crippen molar-refractivity contribution in [3.8, 4) is 23.0 Å². The lowest BCUT2D eigenvalue weighted by Crippen LogP contribution is -2.28. The molecule has 27 heavy (non-hydrogen) atoms. The fraction of sp³-hybridized carbons (Fsp3) is 0.350. The first-order valence-corrected chi connectivity index (χ1v) is 9.50. The van der Waals surface area contributed by atoms with E-state index >= 15 is 0 Å². The van der Waals surface area contributed by atoms with Gasteiger partial charge in [0.25, 0.3) is 0 Å². The maximum atomic E-state index is 12.6. The lowest BCUT2D eigenvalue weighted by Gasteiger charge is -2.26. The molecule has 144 valence electrons. The first-order valence-electron chi connectivity index (χ1n) is 8.45. The van der Waals surface area contributed by atoms with Crippen LogP contribution in [0.4, 0.5) is 0 Å². The van der Waals surface area contributed by atoms with Crippen LogP contribution in [0.5, 0.6) is 23.0 Å². The van der Waals surface area contributed by atoms with E-state index in [-0.39, 0.29) is 11.3 Å². The third-order valence-corrected chi connectivity index (χ3v) is 5.75. The summed E-state index contributed by atoms with van der Waals surface area (Å²) in [4.78, 5) is 14.4. The van der Waals surface area contributed by atoms with Crippen LogP contribution in [0.15, 0.2) is 36.4 Å². The minimum atomic E-state index is -0.134. The maximum absolute atomic E-state index is 12.6. The van der Waals surface area contributed by atoms with Crippen LogP contribution < -0.4 is 18.9 Å². The van der Waals surface area contributed by atoms with Crippen LogP contribution in [0.3, 0.4) is 0 Å². The lowest BCUT2D eigenvalue weighted by molar-refractivity contribution is -0.128. The number of carbonyl (C=O) groups excluding carboxylic acids is 1. The average molecular weight is 389 g/mol. The van der Waals surface area contributed by atoms with E-state index in [1.807, 2.05) is 41.3 Å². The molecular weight excluding hydrogens is 366 g/mol. The first kappa shape index (κ1) is 19.2. The lowest BCUT2D eigenvalue weighted by atomic mass is 10.1. The fourth-order valence-corrected chi connectivity index (χ4v) is 4.28. The van der Waals surface area contributed by atoms with E-state index in [0.717, 1.165) is 11.1 Å². The molecule has 3 rings (SSSR count). The van der Waals surface area contributed by atoms with Gasteiger partial charge in [0.15, 0.2) is 0 Å². The number of methoxy groups -OCH3 is 4. The molecule has 0 aliphatic carbocycles. The van der Waals surface area contributed by atoms with E-state index in [2.05, 4.69) is 0 Å². The number of hydrogen-bond donors (Lipinski definition) is 0. The number of carbonyl (C=O) groups is 1. The molecule has 6 nitrogen and oxygen atoms in total. The maximum Gasteiger partial charge on any atom is 0.234 e. The zero-order valence-electron chi connectivity index (χ0n) is 15.9. The number of thioether (sulfide) groups is 1. The fourth-order valence-electron chi connectivity index (χ4n) is 3.07. The van der Waals surface area contributed by atoms with Crippen molar-refractivity contribution in [1.82, 2.24) is 4.90 Å². The summed E-state index contributed by atoms with van der Waals surface area (Å²) in [6.45, 7) is 0.443. The van der Waals surface area contributed by atoms with E-state index in [1.165, 1.54) is 0 Å². The third-order valence-electron chi connectivity index (χ3n) is 4.51. The van der Waals surface area contributed by atoms with Gasteiger partial charge in [-0.05, 0) is 24.3 Å². The molecule has 1 fully saturated rings. The number of benzene rings is 2. The minimum absolute atomic E-state index is 0.0840. The van der Waals surface area contributed by atoms with E-state index in [4.69, 9.17) is 18.9 Å². The van der Waals surface area contributed by atoms with Crippen molar-refractivity contribution < 1.29 is 23.7 Å². The number of amides is 1. The van der Waals surface area contributed by atoms with Crippen LogP contribution in [0, 0.1) is 0 Å². The summed E-state index contributed by atoms with van der Waals surface area (Å²) >= 11 is 1.59. The highest BCUT2D eigenvalue weighted by molar-refractivity contribution is 8.00. The Morgan fingerprint density at radius 1 is 0.926 bits per heavy atom. The molecule has 0 spiro atoms. The van der Waals surface area contributed by atoms with E-state index < -0.39 is 0 Å². The zero-order chi connectivity index (χ0) is 19.4. The summed E-state index contributed by atoms with van der Waals surface area (Å²) in [5.74, 6) is 3.34. The Morgan fingerprint density at radius 3 is 2.19 bits per heavy atom. The van der Waals surface area contributed by atoms with Gasteiger partial charge in [-0.1, -0.05) is 0 Å². The normalized spacial score (nSPS) is 16.4. The van der Waals surface area contributed by atoms with Crippen molar-refractivity contribution in [3.63, 3.8) is 0 Å². The van der Waals surface area contributed by atoms with Gasteiger partial charge in [0.1, 0.15) is 28.4 Å². The summed E-state index contributed by atoms with van der Waals surface area (Å²) in [6.07, 6.45) is 0. The predicted molar refractivity (Wildman–Crippen MR) is 105 cm³/mol. The van der Waals surface area contributed by atoms with Gasteiger partial charge in [-0.2, -0.15) is 0 Å². The van der Waals surface area contributed by atoms with Gasteiger partial charge in [0, 0.05) is 23.3 Å². The minimum Gasteiger partial charge on any atom is -0.497 e. The smallest absolute Gasteiger partial charge is 0.234 e. The first-order chi connectivity index (χ1) is 13.1. The molecule has 1 aliphatic rings. The topological polar surface area (TPSA) is 57.2 Å². The number of hydrogen-bond acceptors (Lipinski definition) is 6. The molecule has 0 radical (unpaired) electrons. The highest BCUT2D eigenvalue weighted by Crippen LogP contribution is 2.44. The molecule has 0 saturated carbocycles. The van der Waals surface area contributed by atoms with E-state index in [0.29, 0.717) is 35.3 Å². The monoisotopic (exact) mass is 389 g/mol. The average Bonchev–Trinajstić information content (AvgIpc) is 3.07. The molecule has 1 saturated heterocycles. The second kappa shape index (κ2) is 8.43. The highest BCUT2D eigenvalue weighted by Gasteiger charge is 2.35. The third kappa shape index (κ3) is 3.93. The highest BCUT2D eigenvalue weighted by atomic mass is 32.2. The van der Waals surface area contributed by atoms with Crippen molar-refractivity contribution in [2.45, 2.75) is 11.9 Å². The van der Waals surface area contributed by atoms with Gasteiger partial charge in [-0.15, -0.1) is 11.8 Å². The van der Waals surface area contributed by atoms with Crippen LogP contribution in [-0.4, -0.2) is 45.0 Å². The second-order valence-electron chi connectivity index (χ2n) is 5.97. The van der Waals surface area contributed by atoms with Crippen molar-refractivity contribution in [2.24, 2.45) is 0 Å². The second-order valence-corrected chi connectivity index (χ2v) is 7.04. The van der Waals surface area contributed by atoms with Gasteiger partial charge >= 0.3 is 0 Å². The van der Waals surface area contributed by atoms with Gasteiger partial charge in [-0.3, -0.25) is 4.79 Å². The summed E-state index contributed by atoms with van der Waals surface area (Å²) in [6, 6.07) is 11.3. The zero-order valence-corrected chi connectivity index (χ0v) is 16.7. The molecule has 7 heteroatoms. The Hall–Kier alpha value is -2.54. The largest absolute Gasteiger partial charge is 0.497 e. The molecule has 1 amide bonds. The molecule has 1 unspecified atom stereocenters. The van der Waals surface area contributed by atoms with Gasteiger partial charge in [-0.25, -0.2) is 0 Å². The predicted octanol–water partition coefficient (Wildman–Crippen LogP) is 3.50. The molecule has 0 aromatic heterocycles. The van der Waals surface area contributed by atoms with Gasteiger partial charge in [0.2, 0.25) is 5.91 Å². The van der Waals surface area contributed by atoms with Crippen LogP contribution in [0.2, 0.25) is 0 Å². The number of rotatable bonds is 7. The molecule has 1 atom stereocenters. The van der Waals surface area contributed by atoms with Gasteiger partial charge in [0.05, 0.1) is 40.7 Å². The van der Waals surface area contributed by atoms with Crippen LogP contribution in [0.25, 0.3) is 0 Å². The van der Waals surface area contributed by atoms with Crippen LogP contribution in [-0.2, 0) is 11.3 Å². The quantitative estimate of drug-likeness (QED) is 0.723. The number of nitrogens with zero attached hydrogens (tertiary/aromatic N) is 1. The molecule has 0 N–H and O–H groups in total. The summed E-state index contributed by atoms with van der Waals surface area (Å²) in [5, 5.41) is -0.134. The summed E-state index contributed by atoms with van der Waals surface area (Å²) in [5.41, 5.74) is 1.87. The molecule has 1 heterocycles. The van der Waals surface area contributed by atoms with Crippen molar-refractivity contribution >= 4 is 17.7 Å². The Kier molecular flexibility index (Phi) is 6.01. The molecule has 2 aromatic rings. The Balaban J connectivity index is 1.92. The van der Waals surface area contributed by atoms with Crippen LogP contribution >= 0.6 is 11.8 Å². The van der Waals surface area contributed by atoms with Crippen molar-refractivity contribution in [1.29, 1.82) is 0 Å². The van der Waals surface area contributed by atoms with Crippen molar-refractivity contribution in [3.05, 3.63) is 47.5 Å². The standard InChI is InChI=1S/C20H23NO5S/c1-23-14-6-5-13(17(9-14)25-3)11-21-19(22)12-27-20(21)16-8-7-15(24-2)10-18(16)26-4/h5-10,20H,11-12H2,1-4H3. The summed E-state index contributed by atoms with van der Waals surface area (Å²) in [7, 11) is 6.46. The molecular formula is C20H23NO5S. The Morgan fingerprint density at radius 2 is 1.56 bits per heavy atom.